The lowest BCUT2D eigenvalue weighted by molar-refractivity contribution is -0.118. The molecule has 0 fully saturated rings. The summed E-state index contributed by atoms with van der Waals surface area (Å²) < 4.78 is 1.74. The first kappa shape index (κ1) is 28.5. The minimum absolute atomic E-state index is 0.0759. The highest BCUT2D eigenvalue weighted by Gasteiger charge is 2.40. The van der Waals surface area contributed by atoms with E-state index in [4.69, 9.17) is 9.98 Å². The van der Waals surface area contributed by atoms with Crippen LogP contribution in [0, 0.1) is 17.2 Å². The second-order valence-corrected chi connectivity index (χ2v) is 13.0. The molecule has 41 heavy (non-hydrogen) atoms. The van der Waals surface area contributed by atoms with Crippen molar-refractivity contribution in [2.75, 3.05) is 11.1 Å². The fraction of sp³-hybridized carbons (Fsp3) is 0.281. The quantitative estimate of drug-likeness (QED) is 0.261. The van der Waals surface area contributed by atoms with E-state index in [0.717, 1.165) is 4.88 Å². The molecule has 2 unspecified atom stereocenters. The van der Waals surface area contributed by atoms with E-state index >= 15 is 0 Å². The molecule has 1 aliphatic rings. The number of carbonyl (C=O) groups is 1. The normalized spacial score (nSPS) is 17.3. The summed E-state index contributed by atoms with van der Waals surface area (Å²) in [7, 11) is 0. The Bertz CT molecular complexity index is 1740. The molecule has 3 heterocycles. The van der Waals surface area contributed by atoms with E-state index in [1.807, 2.05) is 93.7 Å². The van der Waals surface area contributed by atoms with Gasteiger partial charge in [0.1, 0.15) is 10.9 Å². The van der Waals surface area contributed by atoms with Crippen LogP contribution in [0.3, 0.4) is 0 Å². The van der Waals surface area contributed by atoms with Gasteiger partial charge in [-0.15, -0.1) is 23.1 Å². The number of anilines is 1. The number of aliphatic imine (C=N–C) groups is 1. The van der Waals surface area contributed by atoms with Gasteiger partial charge >= 0.3 is 0 Å². The molecule has 0 bridgehead atoms. The van der Waals surface area contributed by atoms with Crippen molar-refractivity contribution in [3.05, 3.63) is 104 Å². The molecule has 1 aliphatic heterocycles. The van der Waals surface area contributed by atoms with Crippen LogP contribution in [-0.4, -0.2) is 26.9 Å². The molecule has 9 heteroatoms. The molecule has 5 rings (SSSR count). The van der Waals surface area contributed by atoms with Crippen LogP contribution in [0.4, 0.5) is 5.69 Å². The molecule has 0 saturated carbocycles. The van der Waals surface area contributed by atoms with Crippen LogP contribution in [0.1, 0.15) is 44.3 Å². The zero-order valence-corrected chi connectivity index (χ0v) is 25.1. The number of nitrogens with one attached hydrogen (secondary N) is 1. The Morgan fingerprint density at radius 1 is 1.10 bits per heavy atom. The summed E-state index contributed by atoms with van der Waals surface area (Å²) >= 11 is 2.96. The summed E-state index contributed by atoms with van der Waals surface area (Å²) in [5, 5.41) is 16.5. The first-order valence-corrected chi connectivity index (χ1v) is 15.3. The number of thiophene rings is 1. The molecular formula is C32H31N5O2S2. The fourth-order valence-corrected chi connectivity index (χ4v) is 6.97. The fourth-order valence-electron chi connectivity index (χ4n) is 5.10. The Hall–Kier alpha value is -4.00. The summed E-state index contributed by atoms with van der Waals surface area (Å²) in [6, 6.07) is 23.0. The van der Waals surface area contributed by atoms with Gasteiger partial charge in [0.15, 0.2) is 0 Å². The Labute approximate surface area is 247 Å². The van der Waals surface area contributed by atoms with Crippen molar-refractivity contribution in [1.82, 2.24) is 9.55 Å². The number of hydrogen-bond acceptors (Lipinski definition) is 7. The van der Waals surface area contributed by atoms with E-state index in [1.54, 1.807) is 10.6 Å². The lowest BCUT2D eigenvalue weighted by Gasteiger charge is -2.30. The van der Waals surface area contributed by atoms with Gasteiger partial charge < -0.3 is 5.32 Å². The number of nitriles is 1. The highest BCUT2D eigenvalue weighted by atomic mass is 32.2. The van der Waals surface area contributed by atoms with E-state index in [-0.39, 0.29) is 16.9 Å². The van der Waals surface area contributed by atoms with E-state index in [9.17, 15) is 14.9 Å². The van der Waals surface area contributed by atoms with Crippen LogP contribution >= 0.6 is 23.1 Å². The third kappa shape index (κ3) is 5.90. The molecule has 0 spiro atoms. The number of para-hydroxylation sites is 2. The SMILES string of the molecule is CC1=NC(SCCn2c(C(C)(C)C)nc3ccccc3c2=O)=C(C#N)C(c2cccs2)C1C(=O)Nc1ccccc1. The first-order chi connectivity index (χ1) is 19.7. The molecule has 7 nitrogen and oxygen atoms in total. The Morgan fingerprint density at radius 2 is 1.83 bits per heavy atom. The summed E-state index contributed by atoms with van der Waals surface area (Å²) in [6.45, 7) is 8.39. The van der Waals surface area contributed by atoms with Crippen LogP contribution in [-0.2, 0) is 16.8 Å². The van der Waals surface area contributed by atoms with Gasteiger partial charge in [-0.3, -0.25) is 14.2 Å². The Morgan fingerprint density at radius 3 is 2.51 bits per heavy atom. The maximum Gasteiger partial charge on any atom is 0.261 e. The van der Waals surface area contributed by atoms with Gasteiger partial charge in [-0.1, -0.05) is 57.2 Å². The number of amides is 1. The van der Waals surface area contributed by atoms with Gasteiger partial charge in [-0.05, 0) is 42.6 Å². The van der Waals surface area contributed by atoms with Gasteiger partial charge in [0.05, 0.1) is 28.5 Å². The van der Waals surface area contributed by atoms with Crippen LogP contribution in [0.5, 0.6) is 0 Å². The molecule has 0 aliphatic carbocycles. The number of hydrogen-bond donors (Lipinski definition) is 1. The maximum atomic E-state index is 13.6. The minimum Gasteiger partial charge on any atom is -0.325 e. The number of fused-ring (bicyclic) bond motifs is 1. The zero-order chi connectivity index (χ0) is 29.1. The van der Waals surface area contributed by atoms with Gasteiger partial charge in [0, 0.05) is 39.9 Å². The van der Waals surface area contributed by atoms with Crippen molar-refractivity contribution in [3.8, 4) is 6.07 Å². The van der Waals surface area contributed by atoms with E-state index < -0.39 is 11.8 Å². The molecule has 2 atom stereocenters. The Balaban J connectivity index is 1.46. The minimum atomic E-state index is -0.618. The highest BCUT2D eigenvalue weighted by molar-refractivity contribution is 8.03. The number of nitrogens with zero attached hydrogens (tertiary/aromatic N) is 4. The Kier molecular flexibility index (Phi) is 8.25. The topological polar surface area (TPSA) is 100 Å². The van der Waals surface area contributed by atoms with Crippen molar-refractivity contribution in [2.45, 2.75) is 45.6 Å². The van der Waals surface area contributed by atoms with E-state index in [2.05, 4.69) is 11.4 Å². The molecule has 2 aromatic carbocycles. The smallest absolute Gasteiger partial charge is 0.261 e. The lowest BCUT2D eigenvalue weighted by atomic mass is 9.80. The number of benzene rings is 2. The average Bonchev–Trinajstić information content (AvgIpc) is 3.48. The van der Waals surface area contributed by atoms with Crippen LogP contribution in [0.25, 0.3) is 10.9 Å². The summed E-state index contributed by atoms with van der Waals surface area (Å²) in [6.07, 6.45) is 0. The number of aromatic nitrogens is 2. The first-order valence-electron chi connectivity index (χ1n) is 13.4. The van der Waals surface area contributed by atoms with Crippen molar-refractivity contribution in [2.24, 2.45) is 10.9 Å². The molecule has 0 radical (unpaired) electrons. The molecule has 1 amide bonds. The van der Waals surface area contributed by atoms with Gasteiger partial charge in [0.2, 0.25) is 5.91 Å². The molecule has 4 aromatic rings. The standard InChI is InChI=1S/C32H31N5O2S2/c1-20-26(28(38)35-21-11-6-5-7-12-21)27(25-15-10-17-40-25)23(19-33)29(34-20)41-18-16-37-30(39)22-13-8-9-14-24(22)36-31(37)32(2,3)4/h5-15,17,26-27H,16,18H2,1-4H3,(H,35,38). The van der Waals surface area contributed by atoms with Crippen molar-refractivity contribution >= 4 is 51.3 Å². The van der Waals surface area contributed by atoms with Crippen LogP contribution in [0.15, 0.2) is 92.5 Å². The van der Waals surface area contributed by atoms with Crippen molar-refractivity contribution < 1.29 is 4.79 Å². The molecule has 0 saturated heterocycles. The zero-order valence-electron chi connectivity index (χ0n) is 23.4. The van der Waals surface area contributed by atoms with Crippen LogP contribution < -0.4 is 10.9 Å². The average molecular weight is 582 g/mol. The third-order valence-corrected chi connectivity index (χ3v) is 8.91. The second kappa shape index (κ2) is 11.9. The molecule has 2 aromatic heterocycles. The monoisotopic (exact) mass is 581 g/mol. The van der Waals surface area contributed by atoms with Crippen LogP contribution in [0.2, 0.25) is 0 Å². The second-order valence-electron chi connectivity index (χ2n) is 10.9. The molecule has 1 N–H and O–H groups in total. The molecular weight excluding hydrogens is 551 g/mol. The van der Waals surface area contributed by atoms with Gasteiger partial charge in [0.25, 0.3) is 5.56 Å². The summed E-state index contributed by atoms with van der Waals surface area (Å²) in [4.78, 5) is 37.6. The summed E-state index contributed by atoms with van der Waals surface area (Å²) in [5.41, 5.74) is 2.09. The van der Waals surface area contributed by atoms with Crippen molar-refractivity contribution in [1.29, 1.82) is 5.26 Å². The highest BCUT2D eigenvalue weighted by Crippen LogP contribution is 2.43. The van der Waals surface area contributed by atoms with E-state index in [1.165, 1.54) is 23.1 Å². The van der Waals surface area contributed by atoms with Crippen molar-refractivity contribution in [3.63, 3.8) is 0 Å². The molecule has 208 valence electrons. The number of thioether (sulfide) groups is 1. The predicted molar refractivity (Wildman–Crippen MR) is 169 cm³/mol. The maximum absolute atomic E-state index is 13.6. The lowest BCUT2D eigenvalue weighted by Crippen LogP contribution is -2.36. The van der Waals surface area contributed by atoms with Gasteiger partial charge in [-0.25, -0.2) is 9.98 Å². The van der Waals surface area contributed by atoms with Gasteiger partial charge in [-0.2, -0.15) is 5.26 Å². The summed E-state index contributed by atoms with van der Waals surface area (Å²) in [5.74, 6) is -0.0326. The number of carbonyl (C=O) groups excluding carboxylic acids is 1. The largest absolute Gasteiger partial charge is 0.325 e. The third-order valence-electron chi connectivity index (χ3n) is 6.98. The predicted octanol–water partition coefficient (Wildman–Crippen LogP) is 6.74. The van der Waals surface area contributed by atoms with E-state index in [0.29, 0.717) is 51.0 Å². The number of allylic oxidation sites excluding steroid dienone is 1. The number of rotatable bonds is 7.